The largest absolute Gasteiger partial charge is 0.345 e. The lowest BCUT2D eigenvalue weighted by molar-refractivity contribution is 0.466. The summed E-state index contributed by atoms with van der Waals surface area (Å²) in [5.74, 6) is 0. The van der Waals surface area contributed by atoms with Crippen molar-refractivity contribution < 1.29 is 0 Å². The van der Waals surface area contributed by atoms with Crippen LogP contribution in [0, 0.1) is 0 Å². The van der Waals surface area contributed by atoms with Crippen molar-refractivity contribution in [2.24, 2.45) is 0 Å². The van der Waals surface area contributed by atoms with Crippen molar-refractivity contribution in [3.63, 3.8) is 0 Å². The molecule has 0 aliphatic carbocycles. The lowest BCUT2D eigenvalue weighted by Gasteiger charge is -2.29. The van der Waals surface area contributed by atoms with Gasteiger partial charge in [0.25, 0.3) is 0 Å². The molecule has 0 aromatic heterocycles. The number of benzene rings is 2. The molecule has 106 valence electrons. The summed E-state index contributed by atoms with van der Waals surface area (Å²) in [4.78, 5) is 2.20. The third-order valence-corrected chi connectivity index (χ3v) is 4.03. The molecule has 1 aliphatic rings. The molecule has 2 nitrogen and oxygen atoms in total. The Labute approximate surface area is 131 Å². The molecule has 0 unspecified atom stereocenters. The Kier molecular flexibility index (Phi) is 4.31. The number of nitrogens with one attached hydrogen (secondary N) is 1. The lowest BCUT2D eigenvalue weighted by Crippen LogP contribution is -2.37. The van der Waals surface area contributed by atoms with Gasteiger partial charge >= 0.3 is 0 Å². The van der Waals surface area contributed by atoms with E-state index in [2.05, 4.69) is 46.6 Å². The normalized spacial score (nSPS) is 14.5. The van der Waals surface area contributed by atoms with Gasteiger partial charge in [-0.25, -0.2) is 0 Å². The topological polar surface area (TPSA) is 15.3 Å². The molecule has 3 rings (SSSR count). The molecule has 0 atom stereocenters. The molecule has 2 aromatic rings. The van der Waals surface area contributed by atoms with Crippen molar-refractivity contribution >= 4 is 28.6 Å². The summed E-state index contributed by atoms with van der Waals surface area (Å²) in [6.07, 6.45) is 3.30. The summed E-state index contributed by atoms with van der Waals surface area (Å²) in [5.41, 5.74) is 3.77. The van der Waals surface area contributed by atoms with E-state index in [0.717, 1.165) is 30.3 Å². The van der Waals surface area contributed by atoms with Gasteiger partial charge in [0.2, 0.25) is 0 Å². The molecule has 1 heterocycles. The Morgan fingerprint density at radius 1 is 0.952 bits per heavy atom. The Hall–Kier alpha value is -2.13. The average molecular weight is 294 g/mol. The fraction of sp³-hybridized carbons (Fsp3) is 0.167. The predicted molar refractivity (Wildman–Crippen MR) is 93.3 cm³/mol. The number of hydrogen-bond acceptors (Lipinski definition) is 1. The van der Waals surface area contributed by atoms with E-state index in [4.69, 9.17) is 12.2 Å². The van der Waals surface area contributed by atoms with Crippen molar-refractivity contribution in [1.82, 2.24) is 4.90 Å². The Balaban J connectivity index is 1.63. The van der Waals surface area contributed by atoms with Gasteiger partial charge in [-0.15, -0.1) is 0 Å². The van der Waals surface area contributed by atoms with Gasteiger partial charge in [0.15, 0.2) is 5.11 Å². The highest BCUT2D eigenvalue weighted by molar-refractivity contribution is 7.80. The molecular weight excluding hydrogens is 276 g/mol. The Bertz CT molecular complexity index is 635. The highest BCUT2D eigenvalue weighted by Gasteiger charge is 2.15. The lowest BCUT2D eigenvalue weighted by atomic mass is 10.00. The van der Waals surface area contributed by atoms with E-state index in [9.17, 15) is 0 Å². The summed E-state index contributed by atoms with van der Waals surface area (Å²) >= 11 is 5.50. The van der Waals surface area contributed by atoms with Crippen LogP contribution in [0.25, 0.3) is 5.57 Å². The van der Waals surface area contributed by atoms with Crippen LogP contribution in [0.5, 0.6) is 0 Å². The van der Waals surface area contributed by atoms with Crippen LogP contribution >= 0.6 is 12.2 Å². The van der Waals surface area contributed by atoms with Crippen molar-refractivity contribution in [3.05, 3.63) is 72.3 Å². The van der Waals surface area contributed by atoms with Crippen LogP contribution in [0.1, 0.15) is 12.0 Å². The average Bonchev–Trinajstić information content (AvgIpc) is 2.57. The van der Waals surface area contributed by atoms with E-state index in [1.165, 1.54) is 11.1 Å². The molecule has 0 saturated carbocycles. The van der Waals surface area contributed by atoms with Gasteiger partial charge in [0, 0.05) is 18.8 Å². The van der Waals surface area contributed by atoms with Gasteiger partial charge in [-0.2, -0.15) is 0 Å². The summed E-state index contributed by atoms with van der Waals surface area (Å²) in [5, 5.41) is 4.09. The molecule has 3 heteroatoms. The van der Waals surface area contributed by atoms with Crippen molar-refractivity contribution in [2.45, 2.75) is 6.42 Å². The maximum absolute atomic E-state index is 5.50. The molecule has 0 amide bonds. The summed E-state index contributed by atoms with van der Waals surface area (Å²) in [7, 11) is 0. The summed E-state index contributed by atoms with van der Waals surface area (Å²) < 4.78 is 0. The molecule has 0 radical (unpaired) electrons. The minimum Gasteiger partial charge on any atom is -0.345 e. The van der Waals surface area contributed by atoms with Gasteiger partial charge in [-0.1, -0.05) is 54.6 Å². The quantitative estimate of drug-likeness (QED) is 0.837. The van der Waals surface area contributed by atoms with Crippen molar-refractivity contribution in [2.75, 3.05) is 18.4 Å². The fourth-order valence-corrected chi connectivity index (χ4v) is 2.78. The van der Waals surface area contributed by atoms with Crippen LogP contribution in [0.15, 0.2) is 66.7 Å². The van der Waals surface area contributed by atoms with E-state index in [1.807, 2.05) is 30.3 Å². The van der Waals surface area contributed by atoms with Crippen LogP contribution in [0.2, 0.25) is 0 Å². The molecule has 1 aliphatic heterocycles. The van der Waals surface area contributed by atoms with Crippen molar-refractivity contribution in [1.29, 1.82) is 0 Å². The minimum absolute atomic E-state index is 0.796. The van der Waals surface area contributed by atoms with E-state index < -0.39 is 0 Å². The first-order valence-electron chi connectivity index (χ1n) is 7.18. The molecule has 0 spiro atoms. The van der Waals surface area contributed by atoms with Gasteiger partial charge < -0.3 is 10.2 Å². The van der Waals surface area contributed by atoms with Crippen LogP contribution in [0.3, 0.4) is 0 Å². The molecule has 0 saturated heterocycles. The standard InChI is InChI=1S/C18H18N2S/c21-18(19-17-9-5-2-6-10-17)20-13-11-16(12-14-20)15-7-3-1-4-8-15/h1-11H,12-14H2,(H,19,21). The number of nitrogens with zero attached hydrogens (tertiary/aromatic N) is 1. The fourth-order valence-electron chi connectivity index (χ4n) is 2.49. The van der Waals surface area contributed by atoms with Crippen LogP contribution in [-0.2, 0) is 0 Å². The van der Waals surface area contributed by atoms with Crippen LogP contribution in [-0.4, -0.2) is 23.1 Å². The maximum Gasteiger partial charge on any atom is 0.173 e. The van der Waals surface area contributed by atoms with Gasteiger partial charge in [0.1, 0.15) is 0 Å². The zero-order valence-electron chi connectivity index (χ0n) is 11.8. The van der Waals surface area contributed by atoms with E-state index >= 15 is 0 Å². The zero-order valence-corrected chi connectivity index (χ0v) is 12.6. The third kappa shape index (κ3) is 3.50. The SMILES string of the molecule is S=C(Nc1ccccc1)N1CC=C(c2ccccc2)CC1. The second kappa shape index (κ2) is 6.55. The molecule has 1 N–H and O–H groups in total. The molecule has 2 aromatic carbocycles. The molecule has 0 fully saturated rings. The van der Waals surface area contributed by atoms with E-state index in [-0.39, 0.29) is 0 Å². The maximum atomic E-state index is 5.50. The number of thiocarbonyl (C=S) groups is 1. The first kappa shape index (κ1) is 13.8. The van der Waals surface area contributed by atoms with Gasteiger partial charge in [-0.3, -0.25) is 0 Å². The second-order valence-electron chi connectivity index (χ2n) is 5.09. The second-order valence-corrected chi connectivity index (χ2v) is 5.47. The van der Waals surface area contributed by atoms with Crippen molar-refractivity contribution in [3.8, 4) is 0 Å². The smallest absolute Gasteiger partial charge is 0.173 e. The summed E-state index contributed by atoms with van der Waals surface area (Å²) in [6, 6.07) is 20.6. The first-order chi connectivity index (χ1) is 10.3. The third-order valence-electron chi connectivity index (χ3n) is 3.67. The number of anilines is 1. The highest BCUT2D eigenvalue weighted by atomic mass is 32.1. The minimum atomic E-state index is 0.796. The summed E-state index contributed by atoms with van der Waals surface area (Å²) in [6.45, 7) is 1.82. The van der Waals surface area contributed by atoms with Gasteiger partial charge in [0.05, 0.1) is 0 Å². The number of hydrogen-bond donors (Lipinski definition) is 1. The number of para-hydroxylation sites is 1. The highest BCUT2D eigenvalue weighted by Crippen LogP contribution is 2.22. The zero-order chi connectivity index (χ0) is 14.5. The van der Waals surface area contributed by atoms with Gasteiger partial charge in [-0.05, 0) is 41.9 Å². The van der Waals surface area contributed by atoms with E-state index in [1.54, 1.807) is 0 Å². The Morgan fingerprint density at radius 2 is 1.62 bits per heavy atom. The first-order valence-corrected chi connectivity index (χ1v) is 7.59. The number of rotatable bonds is 2. The van der Waals surface area contributed by atoms with Crippen LogP contribution < -0.4 is 5.32 Å². The Morgan fingerprint density at radius 3 is 2.24 bits per heavy atom. The van der Waals surface area contributed by atoms with E-state index in [0.29, 0.717) is 0 Å². The molecule has 0 bridgehead atoms. The molecule has 21 heavy (non-hydrogen) atoms. The monoisotopic (exact) mass is 294 g/mol. The van der Waals surface area contributed by atoms with Crippen LogP contribution in [0.4, 0.5) is 5.69 Å². The molecular formula is C18H18N2S. The predicted octanol–water partition coefficient (Wildman–Crippen LogP) is 4.17.